The zero-order valence-corrected chi connectivity index (χ0v) is 11.3. The Balaban J connectivity index is 2.79. The van der Waals surface area contributed by atoms with Crippen molar-refractivity contribution in [2.45, 2.75) is 32.4 Å². The molecule has 0 spiro atoms. The van der Waals surface area contributed by atoms with Crippen LogP contribution in [0.1, 0.15) is 32.4 Å². The molecule has 96 valence electrons. The Hall–Kier alpha value is -1.73. The highest BCUT2D eigenvalue weighted by atomic mass is 35.5. The molecule has 5 heteroatoms. The summed E-state index contributed by atoms with van der Waals surface area (Å²) in [6, 6.07) is 8.02. The summed E-state index contributed by atoms with van der Waals surface area (Å²) in [7, 11) is 0. The number of alkyl carbamates (subject to hydrolysis) is 1. The second kappa shape index (κ2) is 5.74. The second-order valence-electron chi connectivity index (χ2n) is 4.73. The van der Waals surface area contributed by atoms with Crippen LogP contribution in [-0.4, -0.2) is 11.7 Å². The normalized spacial score (nSPS) is 12.4. The molecule has 1 atom stereocenters. The molecular formula is C13H15ClN2O2. The van der Waals surface area contributed by atoms with Crippen molar-refractivity contribution in [1.82, 2.24) is 5.32 Å². The summed E-state index contributed by atoms with van der Waals surface area (Å²) in [4.78, 5) is 11.6. The average molecular weight is 267 g/mol. The minimum Gasteiger partial charge on any atom is -0.444 e. The minimum absolute atomic E-state index is 0.431. The summed E-state index contributed by atoms with van der Waals surface area (Å²) in [5, 5.41) is 12.0. The van der Waals surface area contributed by atoms with Gasteiger partial charge in [0.15, 0.2) is 0 Å². The van der Waals surface area contributed by atoms with Gasteiger partial charge >= 0.3 is 6.09 Å². The van der Waals surface area contributed by atoms with E-state index < -0.39 is 17.7 Å². The lowest BCUT2D eigenvalue weighted by atomic mass is 10.1. The maximum Gasteiger partial charge on any atom is 0.408 e. The van der Waals surface area contributed by atoms with Gasteiger partial charge in [-0.3, -0.25) is 0 Å². The van der Waals surface area contributed by atoms with E-state index in [1.807, 2.05) is 6.07 Å². The predicted octanol–water partition coefficient (Wildman–Crippen LogP) is 3.43. The number of halogens is 1. The molecule has 0 saturated heterocycles. The minimum atomic E-state index is -0.825. The Morgan fingerprint density at radius 2 is 2.06 bits per heavy atom. The van der Waals surface area contributed by atoms with E-state index in [-0.39, 0.29) is 0 Å². The highest BCUT2D eigenvalue weighted by Crippen LogP contribution is 2.22. The predicted molar refractivity (Wildman–Crippen MR) is 69.2 cm³/mol. The molecule has 0 aliphatic rings. The van der Waals surface area contributed by atoms with Gasteiger partial charge in [-0.2, -0.15) is 5.26 Å². The van der Waals surface area contributed by atoms with Crippen LogP contribution in [0, 0.1) is 11.3 Å². The van der Waals surface area contributed by atoms with Crippen molar-refractivity contribution < 1.29 is 9.53 Å². The number of nitrogens with one attached hydrogen (secondary N) is 1. The monoisotopic (exact) mass is 266 g/mol. The molecule has 1 rings (SSSR count). The van der Waals surface area contributed by atoms with Gasteiger partial charge in [0, 0.05) is 10.6 Å². The van der Waals surface area contributed by atoms with E-state index in [9.17, 15) is 4.79 Å². The van der Waals surface area contributed by atoms with Crippen LogP contribution in [0.2, 0.25) is 5.02 Å². The van der Waals surface area contributed by atoms with Crippen molar-refractivity contribution in [3.63, 3.8) is 0 Å². The molecule has 0 saturated carbocycles. The molecule has 0 aliphatic heterocycles. The second-order valence-corrected chi connectivity index (χ2v) is 5.14. The van der Waals surface area contributed by atoms with Crippen molar-refractivity contribution in [1.29, 1.82) is 5.26 Å². The van der Waals surface area contributed by atoms with Crippen LogP contribution in [0.3, 0.4) is 0 Å². The molecule has 0 radical (unpaired) electrons. The molecule has 1 unspecified atom stereocenters. The summed E-state index contributed by atoms with van der Waals surface area (Å²) in [5.41, 5.74) is -0.0579. The lowest BCUT2D eigenvalue weighted by Gasteiger charge is -2.21. The first-order valence-electron chi connectivity index (χ1n) is 5.47. The van der Waals surface area contributed by atoms with Gasteiger partial charge in [0.1, 0.15) is 11.6 Å². The topological polar surface area (TPSA) is 62.1 Å². The lowest BCUT2D eigenvalue weighted by Crippen LogP contribution is -2.34. The molecule has 18 heavy (non-hydrogen) atoms. The van der Waals surface area contributed by atoms with Crippen LogP contribution < -0.4 is 5.32 Å². The van der Waals surface area contributed by atoms with Crippen molar-refractivity contribution in [3.8, 4) is 6.07 Å². The van der Waals surface area contributed by atoms with Crippen LogP contribution in [-0.2, 0) is 4.74 Å². The number of hydrogen-bond acceptors (Lipinski definition) is 3. The molecule has 0 aromatic heterocycles. The van der Waals surface area contributed by atoms with E-state index in [4.69, 9.17) is 21.6 Å². The Morgan fingerprint density at radius 1 is 1.44 bits per heavy atom. The van der Waals surface area contributed by atoms with Gasteiger partial charge in [-0.15, -0.1) is 0 Å². The molecule has 0 aliphatic carbocycles. The van der Waals surface area contributed by atoms with Crippen LogP contribution in [0.4, 0.5) is 4.79 Å². The number of carbonyl (C=O) groups excluding carboxylic acids is 1. The molecule has 0 heterocycles. The van der Waals surface area contributed by atoms with E-state index >= 15 is 0 Å². The van der Waals surface area contributed by atoms with Crippen LogP contribution >= 0.6 is 11.6 Å². The first-order chi connectivity index (χ1) is 8.33. The highest BCUT2D eigenvalue weighted by Gasteiger charge is 2.21. The standard InChI is InChI=1S/C13H15ClN2O2/c1-13(2,3)18-12(17)16-11(8-15)9-6-4-5-7-10(9)14/h4-7,11H,1-3H3,(H,16,17). The summed E-state index contributed by atoms with van der Waals surface area (Å²) in [5.74, 6) is 0. The number of nitriles is 1. The number of amides is 1. The van der Waals surface area contributed by atoms with Crippen molar-refractivity contribution in [3.05, 3.63) is 34.9 Å². The SMILES string of the molecule is CC(C)(C)OC(=O)NC(C#N)c1ccccc1Cl. The van der Waals surface area contributed by atoms with Crippen molar-refractivity contribution in [2.75, 3.05) is 0 Å². The molecular weight excluding hydrogens is 252 g/mol. The zero-order chi connectivity index (χ0) is 13.8. The lowest BCUT2D eigenvalue weighted by molar-refractivity contribution is 0.0515. The highest BCUT2D eigenvalue weighted by molar-refractivity contribution is 6.31. The van der Waals surface area contributed by atoms with Crippen molar-refractivity contribution >= 4 is 17.7 Å². The molecule has 1 amide bonds. The first kappa shape index (κ1) is 14.3. The Labute approximate surface area is 112 Å². The molecule has 0 bridgehead atoms. The smallest absolute Gasteiger partial charge is 0.408 e. The van der Waals surface area contributed by atoms with Crippen LogP contribution in [0.15, 0.2) is 24.3 Å². The van der Waals surface area contributed by atoms with E-state index in [0.717, 1.165) is 0 Å². The molecule has 4 nitrogen and oxygen atoms in total. The third kappa shape index (κ3) is 4.27. The summed E-state index contributed by atoms with van der Waals surface area (Å²) in [6.07, 6.45) is -0.644. The number of nitrogens with zero attached hydrogens (tertiary/aromatic N) is 1. The largest absolute Gasteiger partial charge is 0.444 e. The van der Waals surface area contributed by atoms with Gasteiger partial charge in [0.05, 0.1) is 6.07 Å². The molecule has 1 N–H and O–H groups in total. The fourth-order valence-electron chi connectivity index (χ4n) is 1.31. The number of benzene rings is 1. The van der Waals surface area contributed by atoms with Gasteiger partial charge < -0.3 is 10.1 Å². The zero-order valence-electron chi connectivity index (χ0n) is 10.5. The number of carbonyl (C=O) groups is 1. The van der Waals surface area contributed by atoms with Crippen LogP contribution in [0.5, 0.6) is 0 Å². The van der Waals surface area contributed by atoms with E-state index in [2.05, 4.69) is 5.32 Å². The van der Waals surface area contributed by atoms with Crippen molar-refractivity contribution in [2.24, 2.45) is 0 Å². The Kier molecular flexibility index (Phi) is 4.57. The summed E-state index contributed by atoms with van der Waals surface area (Å²) >= 11 is 5.97. The van der Waals surface area contributed by atoms with Gasteiger partial charge in [0.2, 0.25) is 0 Å². The molecule has 1 aromatic rings. The van der Waals surface area contributed by atoms with Gasteiger partial charge in [-0.25, -0.2) is 4.79 Å². The molecule has 1 aromatic carbocycles. The maximum atomic E-state index is 11.6. The van der Waals surface area contributed by atoms with E-state index in [0.29, 0.717) is 10.6 Å². The van der Waals surface area contributed by atoms with Crippen LogP contribution in [0.25, 0.3) is 0 Å². The van der Waals surface area contributed by atoms with E-state index in [1.54, 1.807) is 45.0 Å². The third-order valence-corrected chi connectivity index (χ3v) is 2.35. The van der Waals surface area contributed by atoms with Gasteiger partial charge in [-0.1, -0.05) is 29.8 Å². The summed E-state index contributed by atoms with van der Waals surface area (Å²) in [6.45, 7) is 5.26. The Morgan fingerprint density at radius 3 is 2.56 bits per heavy atom. The number of rotatable bonds is 2. The Bertz CT molecular complexity index is 475. The number of hydrogen-bond donors (Lipinski definition) is 1. The average Bonchev–Trinajstić information content (AvgIpc) is 2.24. The summed E-state index contributed by atoms with van der Waals surface area (Å²) < 4.78 is 5.09. The molecule has 0 fully saturated rings. The maximum absolute atomic E-state index is 11.6. The van der Waals surface area contributed by atoms with Gasteiger partial charge in [0.25, 0.3) is 0 Å². The fraction of sp³-hybridized carbons (Fsp3) is 0.385. The van der Waals surface area contributed by atoms with Gasteiger partial charge in [-0.05, 0) is 26.8 Å². The quantitative estimate of drug-likeness (QED) is 0.892. The van der Waals surface area contributed by atoms with E-state index in [1.165, 1.54) is 0 Å². The third-order valence-electron chi connectivity index (χ3n) is 2.01. The fourth-order valence-corrected chi connectivity index (χ4v) is 1.56. The first-order valence-corrected chi connectivity index (χ1v) is 5.85. The number of ether oxygens (including phenoxy) is 1.